The Morgan fingerprint density at radius 3 is 2.96 bits per heavy atom. The lowest BCUT2D eigenvalue weighted by molar-refractivity contribution is -0.0176. The topological polar surface area (TPSA) is 83.7 Å². The molecule has 2 aliphatic rings. The van der Waals surface area contributed by atoms with Gasteiger partial charge in [-0.15, -0.1) is 0 Å². The van der Waals surface area contributed by atoms with Gasteiger partial charge in [0.1, 0.15) is 6.10 Å². The Balaban J connectivity index is 1.38. The van der Waals surface area contributed by atoms with E-state index >= 15 is 0 Å². The third kappa shape index (κ3) is 3.80. The van der Waals surface area contributed by atoms with Gasteiger partial charge in [-0.05, 0) is 25.0 Å². The van der Waals surface area contributed by atoms with Gasteiger partial charge >= 0.3 is 6.03 Å². The number of carbonyl (C=O) groups is 1. The van der Waals surface area contributed by atoms with Gasteiger partial charge < -0.3 is 24.3 Å². The second-order valence-electron chi connectivity index (χ2n) is 6.57. The first-order valence-corrected chi connectivity index (χ1v) is 9.03. The number of ether oxygens (including phenoxy) is 1. The molecule has 0 aliphatic carbocycles. The van der Waals surface area contributed by atoms with Crippen LogP contribution in [0.1, 0.15) is 30.2 Å². The first kappa shape index (κ1) is 16.8. The minimum atomic E-state index is -0.229. The lowest BCUT2D eigenvalue weighted by Gasteiger charge is -2.32. The van der Waals surface area contributed by atoms with Crippen LogP contribution in [-0.4, -0.2) is 53.7 Å². The second-order valence-corrected chi connectivity index (χ2v) is 6.57. The van der Waals surface area contributed by atoms with E-state index in [1.165, 1.54) is 12.8 Å². The smallest absolute Gasteiger partial charge is 0.317 e. The van der Waals surface area contributed by atoms with Crippen LogP contribution in [0.2, 0.25) is 0 Å². The van der Waals surface area contributed by atoms with Crippen LogP contribution >= 0.6 is 0 Å². The van der Waals surface area contributed by atoms with E-state index < -0.39 is 0 Å². The van der Waals surface area contributed by atoms with Crippen molar-refractivity contribution in [3.05, 3.63) is 42.1 Å². The zero-order valence-electron chi connectivity index (χ0n) is 14.6. The van der Waals surface area contributed by atoms with E-state index in [1.54, 1.807) is 23.6 Å². The zero-order valence-corrected chi connectivity index (χ0v) is 14.6. The molecule has 0 spiro atoms. The van der Waals surface area contributed by atoms with E-state index in [-0.39, 0.29) is 12.1 Å². The number of amides is 2. The van der Waals surface area contributed by atoms with E-state index in [1.807, 2.05) is 12.1 Å². The van der Waals surface area contributed by atoms with Crippen molar-refractivity contribution >= 4 is 12.0 Å². The SMILES string of the molecule is O=C(NCc1ccoc1)N1CCOC(c2ccnc(N3CCCC3)n2)C1. The predicted molar refractivity (Wildman–Crippen MR) is 94.7 cm³/mol. The zero-order chi connectivity index (χ0) is 17.8. The number of hydrogen-bond donors (Lipinski definition) is 1. The van der Waals surface area contributed by atoms with Crippen molar-refractivity contribution in [2.75, 3.05) is 37.7 Å². The Morgan fingerprint density at radius 1 is 1.27 bits per heavy atom. The van der Waals surface area contributed by atoms with E-state index in [0.29, 0.717) is 26.2 Å². The number of nitrogens with zero attached hydrogens (tertiary/aromatic N) is 4. The average molecular weight is 357 g/mol. The summed E-state index contributed by atoms with van der Waals surface area (Å²) in [5.41, 5.74) is 1.77. The van der Waals surface area contributed by atoms with Gasteiger partial charge in [0.25, 0.3) is 0 Å². The molecule has 8 heteroatoms. The Bertz CT molecular complexity index is 730. The van der Waals surface area contributed by atoms with E-state index in [9.17, 15) is 4.79 Å². The first-order valence-electron chi connectivity index (χ1n) is 9.03. The summed E-state index contributed by atoms with van der Waals surface area (Å²) in [6.07, 6.45) is 7.13. The van der Waals surface area contributed by atoms with Gasteiger partial charge in [0.2, 0.25) is 5.95 Å². The standard InChI is InChI=1S/C18H23N5O3/c24-18(20-11-14-4-9-25-13-14)23-8-10-26-16(12-23)15-3-5-19-17(21-15)22-6-1-2-7-22/h3-5,9,13,16H,1-2,6-8,10-12H2,(H,20,24). The molecular weight excluding hydrogens is 334 g/mol. The lowest BCUT2D eigenvalue weighted by atomic mass is 10.2. The van der Waals surface area contributed by atoms with Crippen molar-refractivity contribution < 1.29 is 13.9 Å². The fourth-order valence-corrected chi connectivity index (χ4v) is 3.31. The molecule has 2 aromatic heterocycles. The van der Waals surface area contributed by atoms with Crippen LogP contribution in [0.15, 0.2) is 35.3 Å². The molecular formula is C18H23N5O3. The summed E-state index contributed by atoms with van der Waals surface area (Å²) in [6.45, 7) is 3.98. The minimum absolute atomic E-state index is 0.103. The molecule has 4 rings (SSSR count). The van der Waals surface area contributed by atoms with Crippen LogP contribution in [0.4, 0.5) is 10.7 Å². The van der Waals surface area contributed by atoms with Gasteiger partial charge in [-0.2, -0.15) is 0 Å². The highest BCUT2D eigenvalue weighted by atomic mass is 16.5. The number of nitrogens with one attached hydrogen (secondary N) is 1. The number of furan rings is 1. The number of anilines is 1. The van der Waals surface area contributed by atoms with E-state index in [0.717, 1.165) is 30.3 Å². The van der Waals surface area contributed by atoms with Crippen molar-refractivity contribution in [3.63, 3.8) is 0 Å². The number of rotatable bonds is 4. The van der Waals surface area contributed by atoms with Crippen LogP contribution in [-0.2, 0) is 11.3 Å². The highest BCUT2D eigenvalue weighted by Crippen LogP contribution is 2.23. The number of hydrogen-bond acceptors (Lipinski definition) is 6. The van der Waals surface area contributed by atoms with Crippen LogP contribution < -0.4 is 10.2 Å². The highest BCUT2D eigenvalue weighted by molar-refractivity contribution is 5.74. The van der Waals surface area contributed by atoms with Gasteiger partial charge in [-0.25, -0.2) is 14.8 Å². The predicted octanol–water partition coefficient (Wildman–Crippen LogP) is 1.95. The summed E-state index contributed by atoms with van der Waals surface area (Å²) in [6, 6.07) is 3.61. The van der Waals surface area contributed by atoms with Gasteiger partial charge in [-0.3, -0.25) is 0 Å². The number of carbonyl (C=O) groups excluding carboxylic acids is 1. The van der Waals surface area contributed by atoms with E-state index in [4.69, 9.17) is 9.15 Å². The molecule has 0 saturated carbocycles. The summed E-state index contributed by atoms with van der Waals surface area (Å²) in [7, 11) is 0. The third-order valence-corrected chi connectivity index (χ3v) is 4.76. The summed E-state index contributed by atoms with van der Waals surface area (Å²) < 4.78 is 10.9. The molecule has 2 saturated heterocycles. The monoisotopic (exact) mass is 357 g/mol. The van der Waals surface area contributed by atoms with Gasteiger partial charge in [-0.1, -0.05) is 0 Å². The first-order chi connectivity index (χ1) is 12.8. The van der Waals surface area contributed by atoms with Crippen LogP contribution in [0.5, 0.6) is 0 Å². The molecule has 2 aliphatic heterocycles. The molecule has 1 atom stereocenters. The third-order valence-electron chi connectivity index (χ3n) is 4.76. The molecule has 138 valence electrons. The van der Waals surface area contributed by atoms with Crippen LogP contribution in [0.25, 0.3) is 0 Å². The fourth-order valence-electron chi connectivity index (χ4n) is 3.31. The molecule has 26 heavy (non-hydrogen) atoms. The van der Waals surface area contributed by atoms with Crippen molar-refractivity contribution in [2.45, 2.75) is 25.5 Å². The molecule has 2 aromatic rings. The molecule has 2 amide bonds. The summed E-state index contributed by atoms with van der Waals surface area (Å²) in [4.78, 5) is 25.5. The maximum Gasteiger partial charge on any atom is 0.317 e. The molecule has 0 bridgehead atoms. The molecule has 1 N–H and O–H groups in total. The molecule has 4 heterocycles. The largest absolute Gasteiger partial charge is 0.472 e. The average Bonchev–Trinajstić information content (AvgIpc) is 3.40. The normalized spacial score (nSPS) is 20.4. The Morgan fingerprint density at radius 2 is 2.15 bits per heavy atom. The quantitative estimate of drug-likeness (QED) is 0.900. The molecule has 0 radical (unpaired) electrons. The lowest BCUT2D eigenvalue weighted by Crippen LogP contribution is -2.47. The summed E-state index contributed by atoms with van der Waals surface area (Å²) in [5, 5.41) is 2.91. The van der Waals surface area contributed by atoms with Gasteiger partial charge in [0.05, 0.1) is 31.4 Å². The number of aromatic nitrogens is 2. The maximum absolute atomic E-state index is 12.4. The van der Waals surface area contributed by atoms with E-state index in [2.05, 4.69) is 20.2 Å². The Labute approximate surface area is 152 Å². The van der Waals surface area contributed by atoms with Crippen LogP contribution in [0.3, 0.4) is 0 Å². The maximum atomic E-state index is 12.4. The number of morpholine rings is 1. The molecule has 1 unspecified atom stereocenters. The van der Waals surface area contributed by atoms with Gasteiger partial charge in [0.15, 0.2) is 0 Å². The summed E-state index contributed by atoms with van der Waals surface area (Å²) >= 11 is 0. The van der Waals surface area contributed by atoms with Gasteiger partial charge in [0, 0.05) is 37.9 Å². The van der Waals surface area contributed by atoms with Crippen molar-refractivity contribution in [2.24, 2.45) is 0 Å². The van der Waals surface area contributed by atoms with Crippen molar-refractivity contribution in [1.29, 1.82) is 0 Å². The van der Waals surface area contributed by atoms with Crippen molar-refractivity contribution in [3.8, 4) is 0 Å². The highest BCUT2D eigenvalue weighted by Gasteiger charge is 2.27. The summed E-state index contributed by atoms with van der Waals surface area (Å²) in [5.74, 6) is 0.755. The fraction of sp³-hybridized carbons (Fsp3) is 0.500. The molecule has 0 aromatic carbocycles. The van der Waals surface area contributed by atoms with Crippen LogP contribution in [0, 0.1) is 0 Å². The Kier molecular flexibility index (Phi) is 5.01. The Hall–Kier alpha value is -2.61. The van der Waals surface area contributed by atoms with Crippen molar-refractivity contribution in [1.82, 2.24) is 20.2 Å². The molecule has 8 nitrogen and oxygen atoms in total. The number of urea groups is 1. The minimum Gasteiger partial charge on any atom is -0.472 e. The second kappa shape index (κ2) is 7.74. The molecule has 2 fully saturated rings.